The lowest BCUT2D eigenvalue weighted by Gasteiger charge is -2.17. The van der Waals surface area contributed by atoms with Crippen LogP contribution in [0.1, 0.15) is 13.3 Å². The molecule has 1 saturated heterocycles. The molecule has 4 aromatic rings. The number of carbonyl (C=O) groups is 1. The van der Waals surface area contributed by atoms with Crippen molar-refractivity contribution in [3.8, 4) is 28.3 Å². The van der Waals surface area contributed by atoms with Crippen LogP contribution >= 0.6 is 0 Å². The van der Waals surface area contributed by atoms with E-state index in [2.05, 4.69) is 32.3 Å². The van der Waals surface area contributed by atoms with Crippen molar-refractivity contribution in [2.75, 3.05) is 32.1 Å². The van der Waals surface area contributed by atoms with Crippen molar-refractivity contribution in [3.05, 3.63) is 48.9 Å². The standard InChI is InChI=1S/C26H27N7O2/c1-4-35-20-10-19-23(29-24(20)30-25(34)26-11-17(26)12-32(2)14-26)22(28-15-27-19)18-13-33(3)31-21(18)16-8-6-5-7-9-16/h5-10,13,15,17H,4,11-12,14H2,1-3H3,(H,29,30,34). The number of likely N-dealkylation sites (tertiary alicyclic amines) is 1. The van der Waals surface area contributed by atoms with Crippen molar-refractivity contribution in [3.63, 3.8) is 0 Å². The Bertz CT molecular complexity index is 1430. The molecule has 0 radical (unpaired) electrons. The Labute approximate surface area is 203 Å². The number of anilines is 1. The summed E-state index contributed by atoms with van der Waals surface area (Å²) in [6.07, 6.45) is 4.38. The van der Waals surface area contributed by atoms with Gasteiger partial charge in [-0.05, 0) is 26.3 Å². The van der Waals surface area contributed by atoms with Crippen molar-refractivity contribution in [1.29, 1.82) is 0 Å². The number of nitrogens with zero attached hydrogens (tertiary/aromatic N) is 6. The molecule has 1 saturated carbocycles. The molecule has 4 heterocycles. The van der Waals surface area contributed by atoms with E-state index in [-0.39, 0.29) is 11.3 Å². The number of carbonyl (C=O) groups excluding carboxylic acids is 1. The maximum absolute atomic E-state index is 13.3. The molecule has 2 atom stereocenters. The van der Waals surface area contributed by atoms with Gasteiger partial charge in [0.25, 0.3) is 0 Å². The van der Waals surface area contributed by atoms with Gasteiger partial charge in [0.15, 0.2) is 11.6 Å². The van der Waals surface area contributed by atoms with E-state index < -0.39 is 0 Å². The van der Waals surface area contributed by atoms with Gasteiger partial charge in [0.2, 0.25) is 5.91 Å². The highest BCUT2D eigenvalue weighted by atomic mass is 16.5. The maximum atomic E-state index is 13.3. The molecule has 1 aliphatic carbocycles. The number of ether oxygens (including phenoxy) is 1. The Kier molecular flexibility index (Phi) is 5.03. The Morgan fingerprint density at radius 1 is 1.20 bits per heavy atom. The van der Waals surface area contributed by atoms with Gasteiger partial charge in [-0.1, -0.05) is 30.3 Å². The minimum Gasteiger partial charge on any atom is -0.490 e. The summed E-state index contributed by atoms with van der Waals surface area (Å²) in [5.74, 6) is 1.32. The first-order chi connectivity index (χ1) is 17.0. The second-order valence-electron chi connectivity index (χ2n) is 9.50. The summed E-state index contributed by atoms with van der Waals surface area (Å²) >= 11 is 0. The molecular weight excluding hydrogens is 442 g/mol. The van der Waals surface area contributed by atoms with E-state index >= 15 is 0 Å². The smallest absolute Gasteiger partial charge is 0.233 e. The summed E-state index contributed by atoms with van der Waals surface area (Å²) in [5.41, 5.74) is 4.20. The molecule has 0 spiro atoms. The number of piperidine rings is 1. The predicted molar refractivity (Wildman–Crippen MR) is 133 cm³/mol. The van der Waals surface area contributed by atoms with Gasteiger partial charge < -0.3 is 15.0 Å². The highest BCUT2D eigenvalue weighted by Crippen LogP contribution is 2.58. The van der Waals surface area contributed by atoms with Gasteiger partial charge in [-0.25, -0.2) is 15.0 Å². The van der Waals surface area contributed by atoms with Crippen molar-refractivity contribution >= 4 is 22.8 Å². The van der Waals surface area contributed by atoms with E-state index in [1.54, 1.807) is 4.68 Å². The number of hydrogen-bond acceptors (Lipinski definition) is 7. The second kappa shape index (κ2) is 8.13. The quantitative estimate of drug-likeness (QED) is 0.462. The van der Waals surface area contributed by atoms with E-state index in [1.165, 1.54) is 6.33 Å². The lowest BCUT2D eigenvalue weighted by molar-refractivity contribution is -0.121. The van der Waals surface area contributed by atoms with Crippen LogP contribution in [0.3, 0.4) is 0 Å². The van der Waals surface area contributed by atoms with Crippen molar-refractivity contribution in [1.82, 2.24) is 29.6 Å². The molecule has 3 aromatic heterocycles. The third kappa shape index (κ3) is 3.63. The van der Waals surface area contributed by atoms with Crippen molar-refractivity contribution in [2.24, 2.45) is 18.4 Å². The second-order valence-corrected chi connectivity index (χ2v) is 9.50. The van der Waals surface area contributed by atoms with Crippen LogP contribution in [0.4, 0.5) is 5.82 Å². The molecule has 2 fully saturated rings. The number of pyridine rings is 1. The number of benzene rings is 1. The molecule has 6 rings (SSSR count). The number of aryl methyl sites for hydroxylation is 1. The van der Waals surface area contributed by atoms with Crippen LogP contribution in [-0.2, 0) is 11.8 Å². The summed E-state index contributed by atoms with van der Waals surface area (Å²) in [6, 6.07) is 11.8. The van der Waals surface area contributed by atoms with E-state index in [4.69, 9.17) is 9.72 Å². The highest BCUT2D eigenvalue weighted by molar-refractivity contribution is 6.01. The lowest BCUT2D eigenvalue weighted by Crippen LogP contribution is -2.31. The van der Waals surface area contributed by atoms with Crippen LogP contribution in [0.15, 0.2) is 48.9 Å². The topological polar surface area (TPSA) is 98.1 Å². The number of fused-ring (bicyclic) bond motifs is 2. The lowest BCUT2D eigenvalue weighted by atomic mass is 10.0. The van der Waals surface area contributed by atoms with Gasteiger partial charge in [-0.2, -0.15) is 5.10 Å². The minimum absolute atomic E-state index is 0.00408. The Balaban J connectivity index is 1.46. The Morgan fingerprint density at radius 3 is 2.77 bits per heavy atom. The fourth-order valence-electron chi connectivity index (χ4n) is 5.31. The van der Waals surface area contributed by atoms with Crippen LogP contribution in [0.2, 0.25) is 0 Å². The number of aromatic nitrogens is 5. The zero-order valence-electron chi connectivity index (χ0n) is 20.0. The molecule has 0 bridgehead atoms. The van der Waals surface area contributed by atoms with E-state index in [0.717, 1.165) is 36.3 Å². The van der Waals surface area contributed by atoms with Crippen LogP contribution in [0.25, 0.3) is 33.5 Å². The number of rotatable bonds is 6. The molecule has 35 heavy (non-hydrogen) atoms. The summed E-state index contributed by atoms with van der Waals surface area (Å²) in [4.78, 5) is 29.5. The zero-order valence-corrected chi connectivity index (χ0v) is 20.0. The van der Waals surface area contributed by atoms with Crippen LogP contribution in [-0.4, -0.2) is 62.3 Å². The van der Waals surface area contributed by atoms with E-state index in [1.807, 2.05) is 56.6 Å². The molecule has 1 N–H and O–H groups in total. The third-order valence-electron chi connectivity index (χ3n) is 7.01. The Morgan fingerprint density at radius 2 is 2.03 bits per heavy atom. The average Bonchev–Trinajstić information content (AvgIpc) is 3.22. The zero-order chi connectivity index (χ0) is 24.2. The van der Waals surface area contributed by atoms with Crippen LogP contribution in [0.5, 0.6) is 5.75 Å². The van der Waals surface area contributed by atoms with Crippen LogP contribution in [0, 0.1) is 11.3 Å². The minimum atomic E-state index is -0.325. The monoisotopic (exact) mass is 469 g/mol. The molecule has 178 valence electrons. The third-order valence-corrected chi connectivity index (χ3v) is 7.01. The SMILES string of the molecule is CCOc1cc2ncnc(-c3cn(C)nc3-c3ccccc3)c2nc1NC(=O)C12CC1CN(C)C2. The molecule has 1 amide bonds. The summed E-state index contributed by atoms with van der Waals surface area (Å²) in [7, 11) is 3.94. The first-order valence-electron chi connectivity index (χ1n) is 11.9. The molecule has 2 unspecified atom stereocenters. The average molecular weight is 470 g/mol. The number of hydrogen-bond donors (Lipinski definition) is 1. The molecule has 9 heteroatoms. The molecule has 9 nitrogen and oxygen atoms in total. The van der Waals surface area contributed by atoms with E-state index in [9.17, 15) is 4.79 Å². The van der Waals surface area contributed by atoms with E-state index in [0.29, 0.717) is 40.8 Å². The summed E-state index contributed by atoms with van der Waals surface area (Å²) in [6.45, 7) is 4.08. The van der Waals surface area contributed by atoms with Gasteiger partial charge in [0.1, 0.15) is 23.2 Å². The van der Waals surface area contributed by atoms with Gasteiger partial charge in [0, 0.05) is 43.5 Å². The highest BCUT2D eigenvalue weighted by Gasteiger charge is 2.64. The molecule has 1 aliphatic heterocycles. The Hall–Kier alpha value is -3.85. The summed E-state index contributed by atoms with van der Waals surface area (Å²) in [5, 5.41) is 7.77. The fourth-order valence-corrected chi connectivity index (χ4v) is 5.31. The van der Waals surface area contributed by atoms with Gasteiger partial charge in [-0.3, -0.25) is 9.48 Å². The first-order valence-corrected chi connectivity index (χ1v) is 11.9. The van der Waals surface area contributed by atoms with Gasteiger partial charge in [-0.15, -0.1) is 0 Å². The fraction of sp³-hybridized carbons (Fsp3) is 0.346. The van der Waals surface area contributed by atoms with Crippen molar-refractivity contribution in [2.45, 2.75) is 13.3 Å². The summed E-state index contributed by atoms with van der Waals surface area (Å²) < 4.78 is 7.62. The largest absolute Gasteiger partial charge is 0.490 e. The van der Waals surface area contributed by atoms with Crippen molar-refractivity contribution < 1.29 is 9.53 Å². The number of nitrogens with one attached hydrogen (secondary N) is 1. The van der Waals surface area contributed by atoms with Gasteiger partial charge in [0.05, 0.1) is 17.5 Å². The molecular formula is C26H27N7O2. The number of amides is 1. The normalized spacial score (nSPS) is 21.2. The van der Waals surface area contributed by atoms with Gasteiger partial charge >= 0.3 is 0 Å². The molecule has 2 aliphatic rings. The first kappa shape index (κ1) is 21.7. The maximum Gasteiger partial charge on any atom is 0.233 e. The molecule has 1 aromatic carbocycles. The predicted octanol–water partition coefficient (Wildman–Crippen LogP) is 3.38. The van der Waals surface area contributed by atoms with Crippen LogP contribution < -0.4 is 10.1 Å².